The highest BCUT2D eigenvalue weighted by molar-refractivity contribution is 6.42. The van der Waals surface area contributed by atoms with E-state index in [4.69, 9.17) is 28.9 Å². The van der Waals surface area contributed by atoms with Crippen molar-refractivity contribution in [1.82, 2.24) is 0 Å². The van der Waals surface area contributed by atoms with Gasteiger partial charge in [-0.15, -0.1) is 0 Å². The van der Waals surface area contributed by atoms with Gasteiger partial charge in [0, 0.05) is 6.04 Å². The Morgan fingerprint density at radius 3 is 2.33 bits per heavy atom. The molecule has 4 saturated carbocycles. The van der Waals surface area contributed by atoms with Crippen LogP contribution in [-0.4, -0.2) is 6.04 Å². The van der Waals surface area contributed by atoms with Crippen LogP contribution in [0.4, 0.5) is 0 Å². The summed E-state index contributed by atoms with van der Waals surface area (Å²) in [7, 11) is 0. The summed E-state index contributed by atoms with van der Waals surface area (Å²) >= 11 is 12.4. The lowest BCUT2D eigenvalue weighted by atomic mass is 9.41. The topological polar surface area (TPSA) is 26.0 Å². The largest absolute Gasteiger partial charge is 0.327 e. The van der Waals surface area contributed by atoms with E-state index in [-0.39, 0.29) is 0 Å². The zero-order chi connectivity index (χ0) is 14.8. The first-order chi connectivity index (χ1) is 9.92. The van der Waals surface area contributed by atoms with E-state index in [1.165, 1.54) is 44.1 Å². The van der Waals surface area contributed by atoms with Crippen LogP contribution in [0.15, 0.2) is 18.2 Å². The lowest BCUT2D eigenvalue weighted by Gasteiger charge is -2.64. The highest BCUT2D eigenvalue weighted by Gasteiger charge is 2.59. The fourth-order valence-electron chi connectivity index (χ4n) is 6.03. The first-order valence-corrected chi connectivity index (χ1v) is 8.89. The standard InChI is InChI=1S/C18H23Cl2N/c1-11(21)17-6-12-4-13(7-17)9-18(8-12,10-17)14-2-3-15(19)16(20)5-14/h2-3,5,11-13H,4,6-10,21H2,1H3. The Kier molecular flexibility index (Phi) is 3.17. The molecule has 4 bridgehead atoms. The van der Waals surface area contributed by atoms with Gasteiger partial charge in [-0.2, -0.15) is 0 Å². The van der Waals surface area contributed by atoms with Crippen LogP contribution >= 0.6 is 23.2 Å². The fourth-order valence-corrected chi connectivity index (χ4v) is 6.33. The second-order valence-electron chi connectivity index (χ2n) is 8.02. The molecule has 4 aliphatic carbocycles. The van der Waals surface area contributed by atoms with Crippen molar-refractivity contribution in [2.45, 2.75) is 56.9 Å². The molecule has 4 fully saturated rings. The van der Waals surface area contributed by atoms with Crippen molar-refractivity contribution < 1.29 is 0 Å². The molecule has 0 saturated heterocycles. The second-order valence-corrected chi connectivity index (χ2v) is 8.84. The van der Waals surface area contributed by atoms with Gasteiger partial charge in [0.05, 0.1) is 10.0 Å². The molecule has 1 aromatic carbocycles. The lowest BCUT2D eigenvalue weighted by molar-refractivity contribution is -0.0821. The van der Waals surface area contributed by atoms with E-state index in [0.29, 0.717) is 26.9 Å². The minimum Gasteiger partial charge on any atom is -0.327 e. The third kappa shape index (κ3) is 2.08. The molecule has 0 aromatic heterocycles. The average Bonchev–Trinajstić information content (AvgIpc) is 2.40. The van der Waals surface area contributed by atoms with E-state index < -0.39 is 0 Å². The molecule has 0 amide bonds. The number of hydrogen-bond donors (Lipinski definition) is 1. The molecule has 1 aromatic rings. The van der Waals surface area contributed by atoms with E-state index in [2.05, 4.69) is 19.1 Å². The predicted octanol–water partition coefficient (Wildman–Crippen LogP) is 5.18. The number of benzene rings is 1. The van der Waals surface area contributed by atoms with Crippen LogP contribution in [0.1, 0.15) is 51.0 Å². The van der Waals surface area contributed by atoms with Crippen molar-refractivity contribution in [1.29, 1.82) is 0 Å². The highest BCUT2D eigenvalue weighted by Crippen LogP contribution is 2.66. The van der Waals surface area contributed by atoms with Gasteiger partial charge in [-0.25, -0.2) is 0 Å². The van der Waals surface area contributed by atoms with Crippen LogP contribution in [0.5, 0.6) is 0 Å². The molecule has 3 heteroatoms. The monoisotopic (exact) mass is 323 g/mol. The zero-order valence-electron chi connectivity index (χ0n) is 12.5. The number of rotatable bonds is 2. The van der Waals surface area contributed by atoms with Gasteiger partial charge in [0.1, 0.15) is 0 Å². The Balaban J connectivity index is 1.78. The maximum Gasteiger partial charge on any atom is 0.0595 e. The SMILES string of the molecule is CC(N)C12CC3CC(CC(c4ccc(Cl)c(Cl)c4)(C3)C1)C2. The van der Waals surface area contributed by atoms with Crippen molar-refractivity contribution in [3.05, 3.63) is 33.8 Å². The van der Waals surface area contributed by atoms with Crippen LogP contribution < -0.4 is 5.73 Å². The van der Waals surface area contributed by atoms with Crippen LogP contribution in [-0.2, 0) is 5.41 Å². The molecule has 21 heavy (non-hydrogen) atoms. The first kappa shape index (κ1) is 14.4. The summed E-state index contributed by atoms with van der Waals surface area (Å²) < 4.78 is 0. The third-order valence-corrected chi connectivity index (χ3v) is 7.34. The highest BCUT2D eigenvalue weighted by atomic mass is 35.5. The van der Waals surface area contributed by atoms with E-state index in [9.17, 15) is 0 Å². The molecule has 3 atom stereocenters. The number of halogens is 2. The lowest BCUT2D eigenvalue weighted by Crippen LogP contribution is -2.59. The minimum atomic E-state index is 0.297. The second kappa shape index (κ2) is 4.63. The Bertz CT molecular complexity index is 567. The van der Waals surface area contributed by atoms with Gasteiger partial charge in [0.15, 0.2) is 0 Å². The average molecular weight is 324 g/mol. The van der Waals surface area contributed by atoms with Gasteiger partial charge in [-0.3, -0.25) is 0 Å². The van der Waals surface area contributed by atoms with Crippen LogP contribution in [0.3, 0.4) is 0 Å². The minimum absolute atomic E-state index is 0.297. The Morgan fingerprint density at radius 1 is 1.10 bits per heavy atom. The summed E-state index contributed by atoms with van der Waals surface area (Å²) in [6.45, 7) is 2.22. The molecule has 3 unspecified atom stereocenters. The van der Waals surface area contributed by atoms with Gasteiger partial charge < -0.3 is 5.73 Å². The van der Waals surface area contributed by atoms with Crippen LogP contribution in [0.25, 0.3) is 0 Å². The summed E-state index contributed by atoms with van der Waals surface area (Å²) in [5, 5.41) is 1.35. The van der Waals surface area contributed by atoms with Gasteiger partial charge in [0.2, 0.25) is 0 Å². The summed E-state index contributed by atoms with van der Waals surface area (Å²) in [5.74, 6) is 1.71. The normalized spacial score (nSPS) is 42.3. The third-order valence-electron chi connectivity index (χ3n) is 6.60. The Hall–Kier alpha value is -0.240. The molecule has 0 heterocycles. The van der Waals surface area contributed by atoms with Crippen molar-refractivity contribution in [2.75, 3.05) is 0 Å². The molecule has 2 N–H and O–H groups in total. The van der Waals surface area contributed by atoms with Gasteiger partial charge in [0.25, 0.3) is 0 Å². The molecule has 0 aliphatic heterocycles. The van der Waals surface area contributed by atoms with Gasteiger partial charge in [-0.05, 0) is 85.8 Å². The van der Waals surface area contributed by atoms with Gasteiger partial charge >= 0.3 is 0 Å². The summed E-state index contributed by atoms with van der Waals surface area (Å²) in [6.07, 6.45) is 7.96. The zero-order valence-corrected chi connectivity index (χ0v) is 14.1. The van der Waals surface area contributed by atoms with Crippen molar-refractivity contribution >= 4 is 23.2 Å². The molecule has 5 rings (SSSR count). The summed E-state index contributed by atoms with van der Waals surface area (Å²) in [5.41, 5.74) is 8.49. The number of hydrogen-bond acceptors (Lipinski definition) is 1. The van der Waals surface area contributed by atoms with Gasteiger partial charge in [-0.1, -0.05) is 29.3 Å². The van der Waals surface area contributed by atoms with Crippen molar-refractivity contribution in [2.24, 2.45) is 23.0 Å². The molecule has 114 valence electrons. The first-order valence-electron chi connectivity index (χ1n) is 8.14. The van der Waals surface area contributed by atoms with Crippen molar-refractivity contribution in [3.8, 4) is 0 Å². The molecule has 4 aliphatic rings. The summed E-state index contributed by atoms with van der Waals surface area (Å²) in [4.78, 5) is 0. The van der Waals surface area contributed by atoms with E-state index in [1.807, 2.05) is 6.07 Å². The maximum absolute atomic E-state index is 6.44. The predicted molar refractivity (Wildman–Crippen MR) is 88.9 cm³/mol. The smallest absolute Gasteiger partial charge is 0.0595 e. The Morgan fingerprint density at radius 2 is 1.76 bits per heavy atom. The van der Waals surface area contributed by atoms with Crippen LogP contribution in [0.2, 0.25) is 10.0 Å². The van der Waals surface area contributed by atoms with Crippen LogP contribution in [0, 0.1) is 17.3 Å². The fraction of sp³-hybridized carbons (Fsp3) is 0.667. The molecular weight excluding hydrogens is 301 g/mol. The molecular formula is C18H23Cl2N. The van der Waals surface area contributed by atoms with E-state index >= 15 is 0 Å². The van der Waals surface area contributed by atoms with E-state index in [1.54, 1.807) is 0 Å². The van der Waals surface area contributed by atoms with E-state index in [0.717, 1.165) is 11.8 Å². The maximum atomic E-state index is 6.44. The molecule has 0 spiro atoms. The quantitative estimate of drug-likeness (QED) is 0.797. The molecule has 1 nitrogen and oxygen atoms in total. The summed E-state index contributed by atoms with van der Waals surface area (Å²) in [6, 6.07) is 6.59. The molecule has 0 radical (unpaired) electrons. The number of nitrogens with two attached hydrogens (primary N) is 1. The van der Waals surface area contributed by atoms with Crippen molar-refractivity contribution in [3.63, 3.8) is 0 Å². The Labute approximate surface area is 137 Å².